The summed E-state index contributed by atoms with van der Waals surface area (Å²) in [5.74, 6) is 1.04. The van der Waals surface area contributed by atoms with E-state index in [1.165, 1.54) is 16.7 Å². The van der Waals surface area contributed by atoms with Crippen molar-refractivity contribution in [1.82, 2.24) is 0 Å². The minimum absolute atomic E-state index is 0.177. The van der Waals surface area contributed by atoms with Crippen LogP contribution in [0, 0.1) is 6.92 Å². The second kappa shape index (κ2) is 2.88. The maximum Gasteiger partial charge on any atom is 0.130 e. The van der Waals surface area contributed by atoms with Gasteiger partial charge in [0.05, 0.1) is 0 Å². The molecule has 1 heteroatoms. The van der Waals surface area contributed by atoms with Gasteiger partial charge >= 0.3 is 0 Å². The van der Waals surface area contributed by atoms with E-state index in [2.05, 4.69) is 52.0 Å². The molecule has 0 aliphatic carbocycles. The Balaban J connectivity index is 2.62. The maximum absolute atomic E-state index is 5.94. The summed E-state index contributed by atoms with van der Waals surface area (Å²) >= 11 is 0. The summed E-state index contributed by atoms with van der Waals surface area (Å²) < 4.78 is 5.94. The summed E-state index contributed by atoms with van der Waals surface area (Å²) in [6, 6.07) is 6.28. The molecule has 0 spiro atoms. The fourth-order valence-electron chi connectivity index (χ4n) is 1.99. The van der Waals surface area contributed by atoms with E-state index in [1.807, 2.05) is 0 Å². The third-order valence-corrected chi connectivity index (χ3v) is 2.57. The Morgan fingerprint density at radius 2 is 1.86 bits per heavy atom. The standard InChI is InChI=1S/C13H16O/c1-9-6-5-7-11-10(2)8-13(3,4)14-12(9)11/h5-8H,1-4H3. The Labute approximate surface area is 85.4 Å². The van der Waals surface area contributed by atoms with Crippen LogP contribution in [0.1, 0.15) is 31.9 Å². The molecule has 0 radical (unpaired) electrons. The molecule has 0 fully saturated rings. The number of hydrogen-bond donors (Lipinski definition) is 0. The third-order valence-electron chi connectivity index (χ3n) is 2.57. The lowest BCUT2D eigenvalue weighted by molar-refractivity contribution is 0.157. The highest BCUT2D eigenvalue weighted by Crippen LogP contribution is 2.37. The van der Waals surface area contributed by atoms with Gasteiger partial charge in [0.1, 0.15) is 11.4 Å². The van der Waals surface area contributed by atoms with Gasteiger partial charge in [0.15, 0.2) is 0 Å². The topological polar surface area (TPSA) is 9.23 Å². The van der Waals surface area contributed by atoms with Gasteiger partial charge in [-0.3, -0.25) is 0 Å². The zero-order valence-electron chi connectivity index (χ0n) is 9.22. The van der Waals surface area contributed by atoms with E-state index in [-0.39, 0.29) is 5.60 Å². The van der Waals surface area contributed by atoms with Gasteiger partial charge in [-0.05, 0) is 44.9 Å². The number of ether oxygens (including phenoxy) is 1. The largest absolute Gasteiger partial charge is 0.483 e. The van der Waals surface area contributed by atoms with Gasteiger partial charge in [-0.25, -0.2) is 0 Å². The molecule has 1 heterocycles. The Morgan fingerprint density at radius 3 is 2.57 bits per heavy atom. The van der Waals surface area contributed by atoms with Crippen LogP contribution in [0.2, 0.25) is 0 Å². The first-order valence-corrected chi connectivity index (χ1v) is 4.98. The van der Waals surface area contributed by atoms with Crippen LogP contribution in [0.3, 0.4) is 0 Å². The molecule has 0 amide bonds. The van der Waals surface area contributed by atoms with E-state index in [0.29, 0.717) is 0 Å². The van der Waals surface area contributed by atoms with Crippen LogP contribution < -0.4 is 4.74 Å². The number of aryl methyl sites for hydroxylation is 1. The molecule has 1 aromatic rings. The van der Waals surface area contributed by atoms with Crippen molar-refractivity contribution in [2.24, 2.45) is 0 Å². The summed E-state index contributed by atoms with van der Waals surface area (Å²) in [6.45, 7) is 8.41. The molecule has 1 aliphatic rings. The van der Waals surface area contributed by atoms with Crippen LogP contribution in [-0.4, -0.2) is 5.60 Å². The average Bonchev–Trinajstić information content (AvgIpc) is 2.05. The van der Waals surface area contributed by atoms with Crippen molar-refractivity contribution < 1.29 is 4.74 Å². The van der Waals surface area contributed by atoms with E-state index in [1.54, 1.807) is 0 Å². The molecule has 1 aliphatic heterocycles. The fourth-order valence-corrected chi connectivity index (χ4v) is 1.99. The SMILES string of the molecule is CC1=CC(C)(C)Oc2c(C)cccc21. The molecule has 0 atom stereocenters. The summed E-state index contributed by atoms with van der Waals surface area (Å²) in [7, 11) is 0. The van der Waals surface area contributed by atoms with E-state index in [4.69, 9.17) is 4.74 Å². The van der Waals surface area contributed by atoms with Crippen molar-refractivity contribution in [2.75, 3.05) is 0 Å². The normalized spacial score (nSPS) is 18.1. The first kappa shape index (κ1) is 9.32. The van der Waals surface area contributed by atoms with Gasteiger partial charge in [0.25, 0.3) is 0 Å². The molecule has 0 unspecified atom stereocenters. The Morgan fingerprint density at radius 1 is 1.14 bits per heavy atom. The number of fused-ring (bicyclic) bond motifs is 1. The van der Waals surface area contributed by atoms with E-state index in [9.17, 15) is 0 Å². The third kappa shape index (κ3) is 1.43. The highest BCUT2D eigenvalue weighted by atomic mass is 16.5. The first-order valence-electron chi connectivity index (χ1n) is 4.98. The van der Waals surface area contributed by atoms with Crippen molar-refractivity contribution in [3.8, 4) is 5.75 Å². The zero-order valence-corrected chi connectivity index (χ0v) is 9.22. The second-order valence-corrected chi connectivity index (χ2v) is 4.48. The van der Waals surface area contributed by atoms with E-state index < -0.39 is 0 Å². The lowest BCUT2D eigenvalue weighted by Crippen LogP contribution is -2.29. The molecule has 0 saturated carbocycles. The lowest BCUT2D eigenvalue weighted by Gasteiger charge is -2.31. The Hall–Kier alpha value is -1.24. The minimum atomic E-state index is -0.177. The molecule has 74 valence electrons. The second-order valence-electron chi connectivity index (χ2n) is 4.48. The zero-order chi connectivity index (χ0) is 10.3. The van der Waals surface area contributed by atoms with Crippen molar-refractivity contribution in [1.29, 1.82) is 0 Å². The van der Waals surface area contributed by atoms with Crippen LogP contribution in [0.25, 0.3) is 5.57 Å². The van der Waals surface area contributed by atoms with Crippen molar-refractivity contribution >= 4 is 5.57 Å². The number of para-hydroxylation sites is 1. The van der Waals surface area contributed by atoms with Crippen LogP contribution in [-0.2, 0) is 0 Å². The van der Waals surface area contributed by atoms with Gasteiger partial charge in [-0.15, -0.1) is 0 Å². The number of rotatable bonds is 0. The summed E-state index contributed by atoms with van der Waals surface area (Å²) in [5, 5.41) is 0. The van der Waals surface area contributed by atoms with Gasteiger partial charge in [-0.1, -0.05) is 18.2 Å². The van der Waals surface area contributed by atoms with Crippen molar-refractivity contribution in [2.45, 2.75) is 33.3 Å². The van der Waals surface area contributed by atoms with Crippen LogP contribution in [0.5, 0.6) is 5.75 Å². The molecule has 0 saturated heterocycles. The molecule has 0 aromatic heterocycles. The molecule has 2 rings (SSSR count). The molecule has 1 aromatic carbocycles. The van der Waals surface area contributed by atoms with Crippen molar-refractivity contribution in [3.63, 3.8) is 0 Å². The summed E-state index contributed by atoms with van der Waals surface area (Å²) in [4.78, 5) is 0. The summed E-state index contributed by atoms with van der Waals surface area (Å²) in [5.41, 5.74) is 3.57. The molecular weight excluding hydrogens is 172 g/mol. The molecule has 14 heavy (non-hydrogen) atoms. The lowest BCUT2D eigenvalue weighted by atomic mass is 9.94. The van der Waals surface area contributed by atoms with E-state index >= 15 is 0 Å². The van der Waals surface area contributed by atoms with Crippen molar-refractivity contribution in [3.05, 3.63) is 35.4 Å². The monoisotopic (exact) mass is 188 g/mol. The molecule has 0 bridgehead atoms. The van der Waals surface area contributed by atoms with Gasteiger partial charge < -0.3 is 4.74 Å². The quantitative estimate of drug-likeness (QED) is 0.604. The number of benzene rings is 1. The van der Waals surface area contributed by atoms with Crippen LogP contribution in [0.4, 0.5) is 0 Å². The Bertz CT molecular complexity index is 400. The predicted octanol–water partition coefficient (Wildman–Crippen LogP) is 3.57. The van der Waals surface area contributed by atoms with Crippen LogP contribution >= 0.6 is 0 Å². The summed E-state index contributed by atoms with van der Waals surface area (Å²) in [6.07, 6.45) is 2.18. The minimum Gasteiger partial charge on any atom is -0.483 e. The van der Waals surface area contributed by atoms with Crippen LogP contribution in [0.15, 0.2) is 24.3 Å². The first-order chi connectivity index (χ1) is 6.49. The molecule has 1 nitrogen and oxygen atoms in total. The highest BCUT2D eigenvalue weighted by molar-refractivity contribution is 5.73. The Kier molecular flexibility index (Phi) is 1.91. The molecular formula is C13H16O. The van der Waals surface area contributed by atoms with Gasteiger partial charge in [0.2, 0.25) is 0 Å². The van der Waals surface area contributed by atoms with Gasteiger partial charge in [0, 0.05) is 5.56 Å². The smallest absolute Gasteiger partial charge is 0.130 e. The average molecular weight is 188 g/mol. The number of allylic oxidation sites excluding steroid dienone is 1. The maximum atomic E-state index is 5.94. The van der Waals surface area contributed by atoms with E-state index in [0.717, 1.165) is 5.75 Å². The molecule has 0 N–H and O–H groups in total. The number of hydrogen-bond acceptors (Lipinski definition) is 1. The van der Waals surface area contributed by atoms with Gasteiger partial charge in [-0.2, -0.15) is 0 Å². The highest BCUT2D eigenvalue weighted by Gasteiger charge is 2.25. The fraction of sp³-hybridized carbons (Fsp3) is 0.385. The predicted molar refractivity (Wildman–Crippen MR) is 59.5 cm³/mol.